The fourth-order valence-corrected chi connectivity index (χ4v) is 2.33. The smallest absolute Gasteiger partial charge is 0.0393 e. The minimum atomic E-state index is 0.184. The highest BCUT2D eigenvalue weighted by atomic mass is 14.6. The second-order valence-corrected chi connectivity index (χ2v) is 6.83. The highest BCUT2D eigenvalue weighted by Gasteiger charge is 2.13. The Balaban J connectivity index is 2.44. The average Bonchev–Trinajstić information content (AvgIpc) is 2.38. The van der Waals surface area contributed by atoms with Crippen LogP contribution in [-0.4, -0.2) is 0 Å². The van der Waals surface area contributed by atoms with Gasteiger partial charge in [-0.15, -0.1) is 0 Å². The lowest BCUT2D eigenvalue weighted by Crippen LogP contribution is -2.10. The molecule has 0 spiro atoms. The van der Waals surface area contributed by atoms with Gasteiger partial charge in [-0.3, -0.25) is 0 Å². The lowest BCUT2D eigenvalue weighted by molar-refractivity contribution is 0.590. The third kappa shape index (κ3) is 3.04. The van der Waals surface area contributed by atoms with Gasteiger partial charge in [0.05, 0.1) is 0 Å². The molecule has 2 rings (SSSR count). The summed E-state index contributed by atoms with van der Waals surface area (Å²) in [5.74, 6) is 0.517. The second kappa shape index (κ2) is 5.32. The Labute approximate surface area is 122 Å². The number of rotatable bonds is 2. The molecule has 0 atom stereocenters. The Hall–Kier alpha value is -1.76. The van der Waals surface area contributed by atoms with Crippen LogP contribution >= 0.6 is 0 Å². The van der Waals surface area contributed by atoms with Crippen molar-refractivity contribution in [3.63, 3.8) is 0 Å². The monoisotopic (exact) mass is 267 g/mol. The number of nitrogens with two attached hydrogens (primary N) is 1. The molecule has 0 saturated heterocycles. The van der Waals surface area contributed by atoms with E-state index in [0.717, 1.165) is 11.3 Å². The molecule has 2 aromatic carbocycles. The molecule has 106 valence electrons. The van der Waals surface area contributed by atoms with Gasteiger partial charge in [-0.25, -0.2) is 0 Å². The standard InChI is InChI=1S/C19H25N/c1-13(2)15-8-11-18(20)17(12-15)14-6-9-16(10-7-14)19(3,4)5/h6-13H,20H2,1-5H3. The molecule has 2 aromatic rings. The first-order valence-electron chi connectivity index (χ1n) is 7.29. The molecular formula is C19H25N. The van der Waals surface area contributed by atoms with Crippen molar-refractivity contribution in [1.82, 2.24) is 0 Å². The predicted octanol–water partition coefficient (Wildman–Crippen LogP) is 5.36. The first kappa shape index (κ1) is 14.6. The van der Waals surface area contributed by atoms with Gasteiger partial charge in [0.15, 0.2) is 0 Å². The van der Waals surface area contributed by atoms with E-state index in [-0.39, 0.29) is 5.41 Å². The summed E-state index contributed by atoms with van der Waals surface area (Å²) in [6, 6.07) is 15.1. The summed E-state index contributed by atoms with van der Waals surface area (Å²) < 4.78 is 0. The van der Waals surface area contributed by atoms with E-state index in [1.165, 1.54) is 16.7 Å². The summed E-state index contributed by atoms with van der Waals surface area (Å²) in [7, 11) is 0. The molecular weight excluding hydrogens is 242 g/mol. The van der Waals surface area contributed by atoms with Crippen LogP contribution in [0, 0.1) is 0 Å². The lowest BCUT2D eigenvalue weighted by atomic mass is 9.86. The number of hydrogen-bond acceptors (Lipinski definition) is 1. The molecule has 0 unspecified atom stereocenters. The molecule has 2 N–H and O–H groups in total. The molecule has 0 bridgehead atoms. The van der Waals surface area contributed by atoms with E-state index < -0.39 is 0 Å². The van der Waals surface area contributed by atoms with Crippen LogP contribution in [0.15, 0.2) is 42.5 Å². The first-order valence-corrected chi connectivity index (χ1v) is 7.29. The molecule has 0 radical (unpaired) electrons. The van der Waals surface area contributed by atoms with Crippen molar-refractivity contribution in [3.05, 3.63) is 53.6 Å². The normalized spacial score (nSPS) is 11.9. The highest BCUT2D eigenvalue weighted by molar-refractivity contribution is 5.77. The van der Waals surface area contributed by atoms with Crippen molar-refractivity contribution < 1.29 is 0 Å². The predicted molar refractivity (Wildman–Crippen MR) is 89.1 cm³/mol. The fourth-order valence-electron chi connectivity index (χ4n) is 2.33. The SMILES string of the molecule is CC(C)c1ccc(N)c(-c2ccc(C(C)(C)C)cc2)c1. The first-order chi connectivity index (χ1) is 9.29. The Kier molecular flexibility index (Phi) is 3.89. The van der Waals surface area contributed by atoms with Gasteiger partial charge < -0.3 is 5.73 Å². The van der Waals surface area contributed by atoms with Crippen LogP contribution in [-0.2, 0) is 5.41 Å². The Morgan fingerprint density at radius 1 is 0.900 bits per heavy atom. The molecule has 0 saturated carbocycles. The molecule has 0 amide bonds. The summed E-state index contributed by atoms with van der Waals surface area (Å²) in [5.41, 5.74) is 12.2. The van der Waals surface area contributed by atoms with E-state index in [0.29, 0.717) is 5.92 Å². The molecule has 0 heterocycles. The maximum atomic E-state index is 6.15. The van der Waals surface area contributed by atoms with E-state index in [2.05, 4.69) is 71.0 Å². The van der Waals surface area contributed by atoms with E-state index in [1.54, 1.807) is 0 Å². The Morgan fingerprint density at radius 3 is 2.00 bits per heavy atom. The van der Waals surface area contributed by atoms with Crippen molar-refractivity contribution in [2.24, 2.45) is 0 Å². The van der Waals surface area contributed by atoms with E-state index in [4.69, 9.17) is 5.73 Å². The molecule has 0 aliphatic rings. The Bertz CT molecular complexity index is 586. The minimum absolute atomic E-state index is 0.184. The van der Waals surface area contributed by atoms with Gasteiger partial charge in [-0.2, -0.15) is 0 Å². The van der Waals surface area contributed by atoms with Crippen LogP contribution in [0.5, 0.6) is 0 Å². The number of anilines is 1. The van der Waals surface area contributed by atoms with Gasteiger partial charge in [0.25, 0.3) is 0 Å². The van der Waals surface area contributed by atoms with E-state index >= 15 is 0 Å². The summed E-state index contributed by atoms with van der Waals surface area (Å²) in [6.45, 7) is 11.1. The van der Waals surface area contributed by atoms with Gasteiger partial charge in [0.1, 0.15) is 0 Å². The quantitative estimate of drug-likeness (QED) is 0.729. The molecule has 1 heteroatoms. The summed E-state index contributed by atoms with van der Waals surface area (Å²) in [6.07, 6.45) is 0. The summed E-state index contributed by atoms with van der Waals surface area (Å²) >= 11 is 0. The van der Waals surface area contributed by atoms with Gasteiger partial charge in [0.2, 0.25) is 0 Å². The molecule has 0 aliphatic carbocycles. The second-order valence-electron chi connectivity index (χ2n) is 6.83. The fraction of sp³-hybridized carbons (Fsp3) is 0.368. The zero-order valence-corrected chi connectivity index (χ0v) is 13.2. The minimum Gasteiger partial charge on any atom is -0.398 e. The largest absolute Gasteiger partial charge is 0.398 e. The topological polar surface area (TPSA) is 26.0 Å². The zero-order valence-electron chi connectivity index (χ0n) is 13.2. The number of hydrogen-bond donors (Lipinski definition) is 1. The lowest BCUT2D eigenvalue weighted by Gasteiger charge is -2.19. The van der Waals surface area contributed by atoms with Crippen molar-refractivity contribution in [1.29, 1.82) is 0 Å². The van der Waals surface area contributed by atoms with Gasteiger partial charge in [0, 0.05) is 11.3 Å². The van der Waals surface area contributed by atoms with Crippen LogP contribution in [0.4, 0.5) is 5.69 Å². The van der Waals surface area contributed by atoms with Crippen LogP contribution < -0.4 is 5.73 Å². The Morgan fingerprint density at radius 2 is 1.50 bits per heavy atom. The van der Waals surface area contributed by atoms with Gasteiger partial charge in [-0.1, -0.05) is 65.0 Å². The van der Waals surface area contributed by atoms with Gasteiger partial charge >= 0.3 is 0 Å². The van der Waals surface area contributed by atoms with Crippen molar-refractivity contribution in [3.8, 4) is 11.1 Å². The highest BCUT2D eigenvalue weighted by Crippen LogP contribution is 2.31. The van der Waals surface area contributed by atoms with Gasteiger partial charge in [-0.05, 0) is 40.2 Å². The molecule has 0 aromatic heterocycles. The van der Waals surface area contributed by atoms with E-state index in [1.807, 2.05) is 6.07 Å². The third-order valence-electron chi connectivity index (χ3n) is 3.81. The van der Waals surface area contributed by atoms with E-state index in [9.17, 15) is 0 Å². The maximum absolute atomic E-state index is 6.15. The zero-order chi connectivity index (χ0) is 14.9. The van der Waals surface area contributed by atoms with Crippen LogP contribution in [0.2, 0.25) is 0 Å². The molecule has 1 nitrogen and oxygen atoms in total. The maximum Gasteiger partial charge on any atom is 0.0393 e. The van der Waals surface area contributed by atoms with Crippen LogP contribution in [0.1, 0.15) is 51.7 Å². The molecule has 0 fully saturated rings. The average molecular weight is 267 g/mol. The summed E-state index contributed by atoms with van der Waals surface area (Å²) in [5, 5.41) is 0. The molecule has 0 aliphatic heterocycles. The number of nitrogen functional groups attached to an aromatic ring is 1. The summed E-state index contributed by atoms with van der Waals surface area (Å²) in [4.78, 5) is 0. The third-order valence-corrected chi connectivity index (χ3v) is 3.81. The molecule has 20 heavy (non-hydrogen) atoms. The van der Waals surface area contributed by atoms with Crippen molar-refractivity contribution >= 4 is 5.69 Å². The van der Waals surface area contributed by atoms with Crippen molar-refractivity contribution in [2.75, 3.05) is 5.73 Å². The van der Waals surface area contributed by atoms with Crippen LogP contribution in [0.3, 0.4) is 0 Å². The van der Waals surface area contributed by atoms with Crippen LogP contribution in [0.25, 0.3) is 11.1 Å². The number of benzene rings is 2. The van der Waals surface area contributed by atoms with Crippen molar-refractivity contribution in [2.45, 2.75) is 46.0 Å².